The van der Waals surface area contributed by atoms with Gasteiger partial charge in [-0.3, -0.25) is 0 Å². The summed E-state index contributed by atoms with van der Waals surface area (Å²) < 4.78 is 0. The van der Waals surface area contributed by atoms with Crippen molar-refractivity contribution in [3.05, 3.63) is 82.9 Å². The van der Waals surface area contributed by atoms with Gasteiger partial charge in [0.2, 0.25) is 0 Å². The highest BCUT2D eigenvalue weighted by Gasteiger charge is 2.36. The van der Waals surface area contributed by atoms with E-state index < -0.39 is 0 Å². The molecule has 0 amide bonds. The van der Waals surface area contributed by atoms with Crippen molar-refractivity contribution in [1.29, 1.82) is 0 Å². The van der Waals surface area contributed by atoms with E-state index in [9.17, 15) is 0 Å². The van der Waals surface area contributed by atoms with Gasteiger partial charge in [-0.1, -0.05) is 110 Å². The average Bonchev–Trinajstić information content (AvgIpc) is 2.87. The molecule has 29 heavy (non-hydrogen) atoms. The average molecular weight is 383 g/mol. The van der Waals surface area contributed by atoms with Crippen LogP contribution < -0.4 is 0 Å². The molecule has 0 N–H and O–H groups in total. The van der Waals surface area contributed by atoms with Gasteiger partial charge in [-0.15, -0.1) is 0 Å². The molecule has 0 unspecified atom stereocenters. The Morgan fingerprint density at radius 3 is 1.69 bits per heavy atom. The Balaban J connectivity index is 1.89. The molecule has 0 aromatic heterocycles. The lowest BCUT2D eigenvalue weighted by molar-refractivity contribution is 0.589. The van der Waals surface area contributed by atoms with E-state index in [4.69, 9.17) is 0 Å². The smallest absolute Gasteiger partial charge is 0.0158 e. The quantitative estimate of drug-likeness (QED) is 0.397. The lowest BCUT2D eigenvalue weighted by atomic mass is 9.80. The van der Waals surface area contributed by atoms with Crippen LogP contribution in [0.1, 0.15) is 77.6 Å². The van der Waals surface area contributed by atoms with Crippen LogP contribution in [0, 0.1) is 0 Å². The van der Waals surface area contributed by atoms with Crippen molar-refractivity contribution in [1.82, 2.24) is 0 Å². The van der Waals surface area contributed by atoms with Crippen molar-refractivity contribution in [2.24, 2.45) is 0 Å². The maximum Gasteiger partial charge on any atom is 0.0158 e. The summed E-state index contributed by atoms with van der Waals surface area (Å²) in [7, 11) is 0. The first-order valence-electron chi connectivity index (χ1n) is 10.8. The molecule has 0 heterocycles. The second-order valence-corrected chi connectivity index (χ2v) is 11.2. The van der Waals surface area contributed by atoms with Gasteiger partial charge >= 0.3 is 0 Å². The molecule has 3 aromatic rings. The first-order chi connectivity index (χ1) is 13.4. The molecule has 0 saturated heterocycles. The summed E-state index contributed by atoms with van der Waals surface area (Å²) in [5.74, 6) is 0. The highest BCUT2D eigenvalue weighted by molar-refractivity contribution is 5.85. The zero-order valence-corrected chi connectivity index (χ0v) is 19.3. The summed E-state index contributed by atoms with van der Waals surface area (Å²) in [4.78, 5) is 0. The van der Waals surface area contributed by atoms with E-state index in [-0.39, 0.29) is 16.2 Å². The van der Waals surface area contributed by atoms with Gasteiger partial charge in [0.15, 0.2) is 0 Å². The first-order valence-corrected chi connectivity index (χ1v) is 10.8. The Kier molecular flexibility index (Phi) is 4.35. The lowest BCUT2D eigenvalue weighted by Gasteiger charge is -2.23. The minimum absolute atomic E-state index is 0.0485. The molecule has 0 atom stereocenters. The highest BCUT2D eigenvalue weighted by Crippen LogP contribution is 2.50. The largest absolute Gasteiger partial charge is 0.0614 e. The molecule has 0 saturated carbocycles. The molecular weight excluding hydrogens is 348 g/mol. The Labute approximate surface area is 177 Å². The third-order valence-corrected chi connectivity index (χ3v) is 6.60. The normalized spacial score (nSPS) is 15.2. The summed E-state index contributed by atoms with van der Waals surface area (Å²) in [6.45, 7) is 18.4. The molecule has 4 rings (SSSR count). The van der Waals surface area contributed by atoms with E-state index in [2.05, 4.69) is 116 Å². The molecule has 0 fully saturated rings. The van der Waals surface area contributed by atoms with Crippen molar-refractivity contribution < 1.29 is 0 Å². The van der Waals surface area contributed by atoms with Crippen LogP contribution >= 0.6 is 0 Å². The Hall–Kier alpha value is -2.34. The van der Waals surface area contributed by atoms with Crippen molar-refractivity contribution in [2.75, 3.05) is 0 Å². The van der Waals surface area contributed by atoms with Crippen molar-refractivity contribution in [3.63, 3.8) is 0 Å². The maximum atomic E-state index is 2.43. The van der Waals surface area contributed by atoms with Gasteiger partial charge in [-0.05, 0) is 61.4 Å². The molecular formula is C29H34. The van der Waals surface area contributed by atoms with Crippen LogP contribution in [0.2, 0.25) is 0 Å². The Morgan fingerprint density at radius 2 is 1.07 bits per heavy atom. The van der Waals surface area contributed by atoms with Gasteiger partial charge in [0.25, 0.3) is 0 Å². The zero-order chi connectivity index (χ0) is 21.2. The first kappa shape index (κ1) is 20.0. The van der Waals surface area contributed by atoms with E-state index >= 15 is 0 Å². The minimum Gasteiger partial charge on any atom is -0.0614 e. The second-order valence-electron chi connectivity index (χ2n) is 11.2. The maximum absolute atomic E-state index is 2.43. The second kappa shape index (κ2) is 6.33. The van der Waals surface area contributed by atoms with Crippen LogP contribution in [0.4, 0.5) is 0 Å². The third-order valence-electron chi connectivity index (χ3n) is 6.60. The summed E-state index contributed by atoms with van der Waals surface area (Å²) in [6.07, 6.45) is 0. The number of hydrogen-bond acceptors (Lipinski definition) is 0. The summed E-state index contributed by atoms with van der Waals surface area (Å²) in [5.41, 5.74) is 11.4. The lowest BCUT2D eigenvalue weighted by Crippen LogP contribution is -2.16. The van der Waals surface area contributed by atoms with Gasteiger partial charge in [0, 0.05) is 5.41 Å². The predicted octanol–water partition coefficient (Wildman–Crippen LogP) is 8.25. The van der Waals surface area contributed by atoms with Crippen LogP contribution in [-0.2, 0) is 16.2 Å². The standard InChI is InChI=1S/C29H34/c1-27(2,3)21-11-9-10-19(16-21)20-12-14-25-23(17-20)24-18-22(28(4,5)6)13-15-26(24)29(25,7)8/h9-18H,1-8H3. The van der Waals surface area contributed by atoms with E-state index in [1.807, 2.05) is 0 Å². The topological polar surface area (TPSA) is 0 Å². The van der Waals surface area contributed by atoms with Gasteiger partial charge in [0.1, 0.15) is 0 Å². The fourth-order valence-electron chi connectivity index (χ4n) is 4.58. The van der Waals surface area contributed by atoms with Crippen LogP contribution in [-0.4, -0.2) is 0 Å². The number of benzene rings is 3. The molecule has 1 aliphatic carbocycles. The number of fused-ring (bicyclic) bond motifs is 3. The number of rotatable bonds is 1. The van der Waals surface area contributed by atoms with E-state index in [0.717, 1.165) is 0 Å². The minimum atomic E-state index is 0.0485. The molecule has 0 heteroatoms. The zero-order valence-electron chi connectivity index (χ0n) is 19.3. The monoisotopic (exact) mass is 382 g/mol. The van der Waals surface area contributed by atoms with Crippen LogP contribution in [0.5, 0.6) is 0 Å². The molecule has 0 radical (unpaired) electrons. The van der Waals surface area contributed by atoms with Crippen molar-refractivity contribution >= 4 is 0 Å². The van der Waals surface area contributed by atoms with Gasteiger partial charge in [-0.25, -0.2) is 0 Å². The van der Waals surface area contributed by atoms with Gasteiger partial charge in [-0.2, -0.15) is 0 Å². The molecule has 1 aliphatic rings. The Morgan fingerprint density at radius 1 is 0.552 bits per heavy atom. The van der Waals surface area contributed by atoms with E-state index in [1.165, 1.54) is 44.5 Å². The SMILES string of the molecule is CC(C)(C)c1cccc(-c2ccc3c(c2)-c2cc(C(C)(C)C)ccc2C3(C)C)c1. The molecule has 3 aromatic carbocycles. The summed E-state index contributed by atoms with van der Waals surface area (Å²) >= 11 is 0. The molecule has 0 nitrogen and oxygen atoms in total. The fraction of sp³-hybridized carbons (Fsp3) is 0.379. The molecule has 150 valence electrons. The Bertz CT molecular complexity index is 1080. The molecule has 0 aliphatic heterocycles. The van der Waals surface area contributed by atoms with Crippen LogP contribution in [0.25, 0.3) is 22.3 Å². The van der Waals surface area contributed by atoms with Crippen LogP contribution in [0.15, 0.2) is 60.7 Å². The molecule has 0 bridgehead atoms. The number of hydrogen-bond donors (Lipinski definition) is 0. The van der Waals surface area contributed by atoms with Crippen molar-refractivity contribution in [3.8, 4) is 22.3 Å². The van der Waals surface area contributed by atoms with Gasteiger partial charge in [0.05, 0.1) is 0 Å². The summed E-state index contributed by atoms with van der Waals surface area (Å²) in [5, 5.41) is 0. The van der Waals surface area contributed by atoms with Crippen LogP contribution in [0.3, 0.4) is 0 Å². The van der Waals surface area contributed by atoms with Gasteiger partial charge < -0.3 is 0 Å². The predicted molar refractivity (Wildman–Crippen MR) is 127 cm³/mol. The van der Waals surface area contributed by atoms with E-state index in [0.29, 0.717) is 0 Å². The van der Waals surface area contributed by atoms with E-state index in [1.54, 1.807) is 0 Å². The fourth-order valence-corrected chi connectivity index (χ4v) is 4.58. The third kappa shape index (κ3) is 3.33. The molecule has 0 spiro atoms. The summed E-state index contributed by atoms with van der Waals surface area (Å²) in [6, 6.07) is 23.2. The highest BCUT2D eigenvalue weighted by atomic mass is 14.4. The van der Waals surface area contributed by atoms with Crippen molar-refractivity contribution in [2.45, 2.75) is 71.6 Å².